The summed E-state index contributed by atoms with van der Waals surface area (Å²) in [7, 11) is 1.80. The van der Waals surface area contributed by atoms with Gasteiger partial charge in [-0.15, -0.1) is 0 Å². The normalized spacial score (nSPS) is 11.9. The van der Waals surface area contributed by atoms with Crippen molar-refractivity contribution in [3.63, 3.8) is 0 Å². The van der Waals surface area contributed by atoms with Gasteiger partial charge in [0, 0.05) is 18.3 Å². The maximum Gasteiger partial charge on any atom is 0.339 e. The lowest BCUT2D eigenvalue weighted by atomic mass is 10.0. The minimum absolute atomic E-state index is 0.0268. The molecular formula is C15H16ClN5O3. The molecule has 6 N–H and O–H groups in total. The van der Waals surface area contributed by atoms with E-state index >= 15 is 0 Å². The molecule has 0 saturated heterocycles. The Bertz CT molecular complexity index is 933. The van der Waals surface area contributed by atoms with Gasteiger partial charge in [0.15, 0.2) is 0 Å². The van der Waals surface area contributed by atoms with E-state index in [0.717, 1.165) is 15.7 Å². The Labute approximate surface area is 142 Å². The molecule has 0 bridgehead atoms. The summed E-state index contributed by atoms with van der Waals surface area (Å²) in [6.07, 6.45) is 1.24. The number of aryl methyl sites for hydroxylation is 1. The minimum atomic E-state index is -3.18. The minimum Gasteiger partial charge on any atom is -0.388 e. The van der Waals surface area contributed by atoms with Crippen LogP contribution in [0.15, 0.2) is 24.4 Å². The van der Waals surface area contributed by atoms with Gasteiger partial charge in [0.1, 0.15) is 22.2 Å². The fourth-order valence-corrected chi connectivity index (χ4v) is 2.82. The molecule has 24 heavy (non-hydrogen) atoms. The van der Waals surface area contributed by atoms with E-state index in [1.54, 1.807) is 13.1 Å². The van der Waals surface area contributed by atoms with Crippen LogP contribution in [0.4, 0.5) is 11.5 Å². The van der Waals surface area contributed by atoms with Crippen molar-refractivity contribution in [2.45, 2.75) is 12.9 Å². The third-order valence-electron chi connectivity index (χ3n) is 3.71. The summed E-state index contributed by atoms with van der Waals surface area (Å²) >= 11 is 6.09. The topological polar surface area (TPSA) is 129 Å². The zero-order valence-corrected chi connectivity index (χ0v) is 13.7. The molecule has 0 unspecified atom stereocenters. The Balaban J connectivity index is 2.40. The van der Waals surface area contributed by atoms with E-state index in [9.17, 15) is 15.3 Å². The van der Waals surface area contributed by atoms with Crippen LogP contribution in [0.25, 0.3) is 16.8 Å². The average molecular weight is 350 g/mol. The van der Waals surface area contributed by atoms with Crippen LogP contribution in [0.2, 0.25) is 5.15 Å². The first-order chi connectivity index (χ1) is 11.2. The van der Waals surface area contributed by atoms with Gasteiger partial charge in [-0.2, -0.15) is 0 Å². The number of benzene rings is 1. The smallest absolute Gasteiger partial charge is 0.339 e. The molecule has 2 heterocycles. The van der Waals surface area contributed by atoms with Crippen molar-refractivity contribution in [2.24, 2.45) is 0 Å². The van der Waals surface area contributed by atoms with Gasteiger partial charge in [-0.1, -0.05) is 17.7 Å². The number of imidazole rings is 1. The summed E-state index contributed by atoms with van der Waals surface area (Å²) in [5.74, 6) is -3.56. The number of aliphatic hydroxyl groups is 3. The van der Waals surface area contributed by atoms with Crippen molar-refractivity contribution in [3.05, 3.63) is 40.9 Å². The molecule has 0 aliphatic heterocycles. The van der Waals surface area contributed by atoms with Gasteiger partial charge in [-0.05, 0) is 24.6 Å². The van der Waals surface area contributed by atoms with E-state index in [1.165, 1.54) is 6.20 Å². The number of nitrogens with one attached hydrogen (secondary N) is 1. The lowest BCUT2D eigenvalue weighted by Gasteiger charge is -2.13. The molecule has 0 spiro atoms. The molecule has 3 aromatic rings. The second-order valence-corrected chi connectivity index (χ2v) is 5.74. The van der Waals surface area contributed by atoms with Crippen molar-refractivity contribution >= 4 is 28.6 Å². The van der Waals surface area contributed by atoms with E-state index in [-0.39, 0.29) is 16.5 Å². The van der Waals surface area contributed by atoms with Crippen molar-refractivity contribution in [2.75, 3.05) is 18.1 Å². The molecular weight excluding hydrogens is 334 g/mol. The standard InChI is InChI=1S/C15H16ClN5O3/c1-7-5-8(18-2)3-4-9(7)11-12-13(17)19-6-10(16)21(12)14(20-11)15(22,23)24/h3-6,18,22-24H,1-2H3,(H2,17,19). The second-order valence-electron chi connectivity index (χ2n) is 5.35. The van der Waals surface area contributed by atoms with Gasteiger partial charge in [0.05, 0.1) is 6.20 Å². The Morgan fingerprint density at radius 2 is 2.00 bits per heavy atom. The zero-order valence-electron chi connectivity index (χ0n) is 12.9. The number of anilines is 2. The summed E-state index contributed by atoms with van der Waals surface area (Å²) in [6, 6.07) is 5.55. The molecule has 0 saturated carbocycles. The van der Waals surface area contributed by atoms with Gasteiger partial charge >= 0.3 is 5.97 Å². The molecule has 0 aliphatic rings. The predicted octanol–water partition coefficient (Wildman–Crippen LogP) is 1.07. The third-order valence-corrected chi connectivity index (χ3v) is 3.98. The lowest BCUT2D eigenvalue weighted by molar-refractivity contribution is -0.329. The SMILES string of the molecule is CNc1ccc(-c2nc(C(O)(O)O)n3c(Cl)cnc(N)c23)c(C)c1. The quantitative estimate of drug-likeness (QED) is 0.447. The fourth-order valence-electron chi connectivity index (χ4n) is 2.60. The molecule has 9 heteroatoms. The number of nitrogen functional groups attached to an aromatic ring is 1. The zero-order chi connectivity index (χ0) is 17.6. The summed E-state index contributed by atoms with van der Waals surface area (Å²) < 4.78 is 1.16. The largest absolute Gasteiger partial charge is 0.388 e. The van der Waals surface area contributed by atoms with Crippen LogP contribution in [0.3, 0.4) is 0 Å². The van der Waals surface area contributed by atoms with Gasteiger partial charge in [0.25, 0.3) is 0 Å². The highest BCUT2D eigenvalue weighted by atomic mass is 35.5. The van der Waals surface area contributed by atoms with E-state index in [1.807, 2.05) is 19.1 Å². The predicted molar refractivity (Wildman–Crippen MR) is 90.5 cm³/mol. The average Bonchev–Trinajstić information content (AvgIpc) is 2.92. The number of fused-ring (bicyclic) bond motifs is 1. The molecule has 0 aliphatic carbocycles. The summed E-state index contributed by atoms with van der Waals surface area (Å²) in [5.41, 5.74) is 9.02. The first-order valence-corrected chi connectivity index (χ1v) is 7.40. The molecule has 0 amide bonds. The first-order valence-electron chi connectivity index (χ1n) is 7.03. The molecule has 3 rings (SSSR count). The molecule has 8 nitrogen and oxygen atoms in total. The van der Waals surface area contributed by atoms with Crippen molar-refractivity contribution < 1.29 is 15.3 Å². The number of aromatic nitrogens is 3. The van der Waals surface area contributed by atoms with Crippen LogP contribution in [-0.4, -0.2) is 36.7 Å². The van der Waals surface area contributed by atoms with E-state index < -0.39 is 11.8 Å². The highest BCUT2D eigenvalue weighted by molar-refractivity contribution is 6.30. The number of hydrogen-bond donors (Lipinski definition) is 5. The van der Waals surface area contributed by atoms with Crippen LogP contribution < -0.4 is 11.1 Å². The highest BCUT2D eigenvalue weighted by Crippen LogP contribution is 2.35. The first kappa shape index (κ1) is 16.5. The Morgan fingerprint density at radius 3 is 2.58 bits per heavy atom. The van der Waals surface area contributed by atoms with E-state index in [2.05, 4.69) is 15.3 Å². The van der Waals surface area contributed by atoms with Crippen LogP contribution in [0.5, 0.6) is 0 Å². The lowest BCUT2D eigenvalue weighted by Crippen LogP contribution is -2.27. The van der Waals surface area contributed by atoms with Crippen molar-refractivity contribution in [3.8, 4) is 11.3 Å². The molecule has 1 aromatic carbocycles. The van der Waals surface area contributed by atoms with E-state index in [0.29, 0.717) is 11.3 Å². The molecule has 0 atom stereocenters. The maximum atomic E-state index is 9.61. The monoisotopic (exact) mass is 349 g/mol. The van der Waals surface area contributed by atoms with Crippen LogP contribution in [0, 0.1) is 6.92 Å². The maximum absolute atomic E-state index is 9.61. The molecule has 126 valence electrons. The molecule has 0 radical (unpaired) electrons. The number of nitrogens with two attached hydrogens (primary N) is 1. The van der Waals surface area contributed by atoms with Gasteiger partial charge in [0.2, 0.25) is 5.82 Å². The number of nitrogens with zero attached hydrogens (tertiary/aromatic N) is 3. The fraction of sp³-hybridized carbons (Fsp3) is 0.200. The van der Waals surface area contributed by atoms with Crippen LogP contribution in [0.1, 0.15) is 11.4 Å². The van der Waals surface area contributed by atoms with Crippen LogP contribution in [-0.2, 0) is 5.97 Å². The van der Waals surface area contributed by atoms with Crippen LogP contribution >= 0.6 is 11.6 Å². The summed E-state index contributed by atoms with van der Waals surface area (Å²) in [6.45, 7) is 1.87. The molecule has 2 aromatic heterocycles. The van der Waals surface area contributed by atoms with Gasteiger partial charge in [-0.25, -0.2) is 9.97 Å². The summed E-state index contributed by atoms with van der Waals surface area (Å²) in [5, 5.41) is 31.9. The Hall–Kier alpha value is -2.39. The van der Waals surface area contributed by atoms with Gasteiger partial charge < -0.3 is 26.4 Å². The highest BCUT2D eigenvalue weighted by Gasteiger charge is 2.32. The Morgan fingerprint density at radius 1 is 1.29 bits per heavy atom. The van der Waals surface area contributed by atoms with E-state index in [4.69, 9.17) is 17.3 Å². The third kappa shape index (κ3) is 2.55. The summed E-state index contributed by atoms with van der Waals surface area (Å²) in [4.78, 5) is 8.14. The number of rotatable bonds is 3. The number of hydrogen-bond acceptors (Lipinski definition) is 7. The number of halogens is 1. The van der Waals surface area contributed by atoms with Crippen molar-refractivity contribution in [1.29, 1.82) is 0 Å². The molecule has 0 fully saturated rings. The Kier molecular flexibility index (Phi) is 3.84. The van der Waals surface area contributed by atoms with Gasteiger partial charge in [-0.3, -0.25) is 4.40 Å². The second kappa shape index (κ2) is 5.60. The van der Waals surface area contributed by atoms with Crippen molar-refractivity contribution in [1.82, 2.24) is 14.4 Å².